The summed E-state index contributed by atoms with van der Waals surface area (Å²) in [5.41, 5.74) is 4.29. The summed E-state index contributed by atoms with van der Waals surface area (Å²) in [6.07, 6.45) is 0. The van der Waals surface area contributed by atoms with Gasteiger partial charge in [-0.05, 0) is 56.5 Å². The maximum Gasteiger partial charge on any atom is 0.0234 e. The molecule has 0 aliphatic rings. The van der Waals surface area contributed by atoms with Crippen LogP contribution >= 0.6 is 11.8 Å². The Morgan fingerprint density at radius 3 is 2.24 bits per heavy atom. The minimum absolute atomic E-state index is 0.165. The Morgan fingerprint density at radius 2 is 1.62 bits per heavy atom. The number of aryl methyl sites for hydroxylation is 1. The van der Waals surface area contributed by atoms with Gasteiger partial charge in [-0.25, -0.2) is 0 Å². The molecule has 0 saturated heterocycles. The number of nitrogens with one attached hydrogen (secondary N) is 1. The Bertz CT molecular complexity index is 567. The molecule has 2 heteroatoms. The minimum atomic E-state index is 0.165. The van der Waals surface area contributed by atoms with Crippen molar-refractivity contribution in [1.29, 1.82) is 0 Å². The first-order chi connectivity index (χ1) is 9.94. The summed E-state index contributed by atoms with van der Waals surface area (Å²) in [5.74, 6) is 1.03. The van der Waals surface area contributed by atoms with Crippen LogP contribution in [0.5, 0.6) is 0 Å². The molecule has 0 unspecified atom stereocenters. The summed E-state index contributed by atoms with van der Waals surface area (Å²) in [5, 5.41) is 3.52. The van der Waals surface area contributed by atoms with Gasteiger partial charge in [-0.15, -0.1) is 11.8 Å². The molecular weight excluding hydrogens is 274 g/mol. The predicted octanol–water partition coefficient (Wildman–Crippen LogP) is 5.18. The molecule has 1 nitrogen and oxygen atoms in total. The molecule has 0 radical (unpaired) electrons. The van der Waals surface area contributed by atoms with Gasteiger partial charge < -0.3 is 5.32 Å². The topological polar surface area (TPSA) is 12.0 Å². The van der Waals surface area contributed by atoms with Gasteiger partial charge in [0, 0.05) is 22.7 Å². The van der Waals surface area contributed by atoms with Crippen LogP contribution in [0.15, 0.2) is 53.4 Å². The molecule has 0 aliphatic carbocycles. The highest BCUT2D eigenvalue weighted by molar-refractivity contribution is 7.98. The van der Waals surface area contributed by atoms with Crippen molar-refractivity contribution >= 4 is 11.8 Å². The number of benzene rings is 2. The van der Waals surface area contributed by atoms with Crippen LogP contribution in [-0.2, 0) is 12.3 Å². The Hall–Kier alpha value is -1.25. The molecular formula is C19H25NS. The van der Waals surface area contributed by atoms with Crippen LogP contribution in [-0.4, -0.2) is 5.54 Å². The molecule has 0 amide bonds. The van der Waals surface area contributed by atoms with Gasteiger partial charge in [-0.2, -0.15) is 0 Å². The fourth-order valence-corrected chi connectivity index (χ4v) is 2.98. The van der Waals surface area contributed by atoms with Crippen LogP contribution < -0.4 is 5.32 Å². The summed E-state index contributed by atoms with van der Waals surface area (Å²) in [4.78, 5) is 1.33. The van der Waals surface area contributed by atoms with Crippen LogP contribution in [0.3, 0.4) is 0 Å². The summed E-state index contributed by atoms with van der Waals surface area (Å²) >= 11 is 1.90. The van der Waals surface area contributed by atoms with Crippen molar-refractivity contribution in [2.45, 2.75) is 50.4 Å². The van der Waals surface area contributed by atoms with E-state index in [0.29, 0.717) is 0 Å². The average molecular weight is 299 g/mol. The molecule has 112 valence electrons. The lowest BCUT2D eigenvalue weighted by Gasteiger charge is -2.20. The van der Waals surface area contributed by atoms with Crippen LogP contribution in [0.25, 0.3) is 0 Å². The van der Waals surface area contributed by atoms with Gasteiger partial charge in [0.15, 0.2) is 0 Å². The molecule has 0 aromatic heterocycles. The van der Waals surface area contributed by atoms with E-state index < -0.39 is 0 Å². The van der Waals surface area contributed by atoms with Crippen molar-refractivity contribution in [2.24, 2.45) is 0 Å². The predicted molar refractivity (Wildman–Crippen MR) is 93.8 cm³/mol. The molecule has 0 fully saturated rings. The van der Waals surface area contributed by atoms with E-state index in [-0.39, 0.29) is 5.54 Å². The van der Waals surface area contributed by atoms with E-state index in [1.54, 1.807) is 0 Å². The lowest BCUT2D eigenvalue weighted by molar-refractivity contribution is 0.424. The number of rotatable bonds is 5. The molecule has 2 rings (SSSR count). The van der Waals surface area contributed by atoms with Gasteiger partial charge >= 0.3 is 0 Å². The zero-order valence-electron chi connectivity index (χ0n) is 13.4. The maximum atomic E-state index is 3.52. The van der Waals surface area contributed by atoms with Crippen molar-refractivity contribution in [3.05, 3.63) is 65.2 Å². The highest BCUT2D eigenvalue weighted by Gasteiger charge is 2.08. The van der Waals surface area contributed by atoms with Crippen LogP contribution in [0, 0.1) is 6.92 Å². The fraction of sp³-hybridized carbons (Fsp3) is 0.368. The maximum absolute atomic E-state index is 3.52. The Kier molecular flexibility index (Phi) is 5.49. The molecule has 2 aromatic rings. The molecule has 0 spiro atoms. The first kappa shape index (κ1) is 16.1. The standard InChI is InChI=1S/C19H25NS/c1-15-7-5-6-8-17(15)14-21-18-11-9-16(10-12-18)13-20-19(2,3)4/h5-12,20H,13-14H2,1-4H3. The SMILES string of the molecule is Cc1ccccc1CSc1ccc(CNC(C)(C)C)cc1. The molecule has 2 aromatic carbocycles. The molecule has 0 saturated carbocycles. The Morgan fingerprint density at radius 1 is 0.952 bits per heavy atom. The first-order valence-electron chi connectivity index (χ1n) is 7.45. The normalized spacial score (nSPS) is 11.6. The Labute approximate surface area is 133 Å². The number of thioether (sulfide) groups is 1. The quantitative estimate of drug-likeness (QED) is 0.764. The zero-order chi connectivity index (χ0) is 15.3. The van der Waals surface area contributed by atoms with Crippen LogP contribution in [0.4, 0.5) is 0 Å². The second kappa shape index (κ2) is 7.15. The second-order valence-corrected chi connectivity index (χ2v) is 7.51. The third-order valence-electron chi connectivity index (χ3n) is 3.40. The number of hydrogen-bond donors (Lipinski definition) is 1. The second-order valence-electron chi connectivity index (χ2n) is 6.46. The van der Waals surface area contributed by atoms with Crippen molar-refractivity contribution < 1.29 is 0 Å². The third-order valence-corrected chi connectivity index (χ3v) is 4.46. The van der Waals surface area contributed by atoms with Gasteiger partial charge in [-0.3, -0.25) is 0 Å². The van der Waals surface area contributed by atoms with E-state index in [1.165, 1.54) is 21.6 Å². The van der Waals surface area contributed by atoms with Crippen molar-refractivity contribution in [3.8, 4) is 0 Å². The fourth-order valence-electron chi connectivity index (χ4n) is 2.00. The van der Waals surface area contributed by atoms with Crippen molar-refractivity contribution in [2.75, 3.05) is 0 Å². The summed E-state index contributed by atoms with van der Waals surface area (Å²) in [6, 6.07) is 17.5. The average Bonchev–Trinajstić information content (AvgIpc) is 2.45. The van der Waals surface area contributed by atoms with E-state index in [1.807, 2.05) is 11.8 Å². The largest absolute Gasteiger partial charge is 0.308 e. The van der Waals surface area contributed by atoms with Crippen LogP contribution in [0.2, 0.25) is 0 Å². The van der Waals surface area contributed by atoms with Crippen molar-refractivity contribution in [1.82, 2.24) is 5.32 Å². The van der Waals surface area contributed by atoms with Crippen LogP contribution in [0.1, 0.15) is 37.5 Å². The van der Waals surface area contributed by atoms with Gasteiger partial charge in [0.2, 0.25) is 0 Å². The minimum Gasteiger partial charge on any atom is -0.308 e. The lowest BCUT2D eigenvalue weighted by atomic mass is 10.1. The van der Waals surface area contributed by atoms with E-state index in [0.717, 1.165) is 12.3 Å². The molecule has 1 N–H and O–H groups in total. The van der Waals surface area contributed by atoms with E-state index in [2.05, 4.69) is 81.5 Å². The summed E-state index contributed by atoms with van der Waals surface area (Å²) < 4.78 is 0. The lowest BCUT2D eigenvalue weighted by Crippen LogP contribution is -2.35. The van der Waals surface area contributed by atoms with Gasteiger partial charge in [0.25, 0.3) is 0 Å². The number of hydrogen-bond acceptors (Lipinski definition) is 2. The van der Waals surface area contributed by atoms with Gasteiger partial charge in [0.1, 0.15) is 0 Å². The monoisotopic (exact) mass is 299 g/mol. The Balaban J connectivity index is 1.89. The molecule has 0 atom stereocenters. The highest BCUT2D eigenvalue weighted by atomic mass is 32.2. The zero-order valence-corrected chi connectivity index (χ0v) is 14.3. The molecule has 0 heterocycles. The van der Waals surface area contributed by atoms with Crippen molar-refractivity contribution in [3.63, 3.8) is 0 Å². The first-order valence-corrected chi connectivity index (χ1v) is 8.44. The highest BCUT2D eigenvalue weighted by Crippen LogP contribution is 2.24. The molecule has 21 heavy (non-hydrogen) atoms. The van der Waals surface area contributed by atoms with E-state index >= 15 is 0 Å². The third kappa shape index (κ3) is 5.56. The van der Waals surface area contributed by atoms with Gasteiger partial charge in [0.05, 0.1) is 0 Å². The van der Waals surface area contributed by atoms with E-state index in [9.17, 15) is 0 Å². The molecule has 0 aliphatic heterocycles. The summed E-state index contributed by atoms with van der Waals surface area (Å²) in [7, 11) is 0. The smallest absolute Gasteiger partial charge is 0.0234 e. The van der Waals surface area contributed by atoms with E-state index in [4.69, 9.17) is 0 Å². The summed E-state index contributed by atoms with van der Waals surface area (Å²) in [6.45, 7) is 9.68. The van der Waals surface area contributed by atoms with Gasteiger partial charge in [-0.1, -0.05) is 36.4 Å². The molecule has 0 bridgehead atoms.